The fourth-order valence-electron chi connectivity index (χ4n) is 1.91. The molecule has 0 aliphatic carbocycles. The predicted molar refractivity (Wildman–Crippen MR) is 76.2 cm³/mol. The molecule has 1 aromatic carbocycles. The second-order valence-electron chi connectivity index (χ2n) is 4.54. The highest BCUT2D eigenvalue weighted by atomic mass is 16.3. The number of hydrogen-bond acceptors (Lipinski definition) is 4. The summed E-state index contributed by atoms with van der Waals surface area (Å²) in [5.74, 6) is -0.617. The van der Waals surface area contributed by atoms with E-state index in [2.05, 4.69) is 10.3 Å². The highest BCUT2D eigenvalue weighted by Gasteiger charge is 2.14. The molecule has 1 amide bonds. The van der Waals surface area contributed by atoms with Crippen LogP contribution in [0.4, 0.5) is 0 Å². The first-order chi connectivity index (χ1) is 10.1. The molecule has 0 saturated heterocycles. The third-order valence-electron chi connectivity index (χ3n) is 2.89. The molecule has 2 aromatic rings. The number of carbonyl (C=O) groups is 1. The zero-order valence-electron chi connectivity index (χ0n) is 11.1. The normalized spacial score (nSPS) is 11.9. The highest BCUT2D eigenvalue weighted by molar-refractivity contribution is 5.92. The minimum atomic E-state index is -0.753. The number of H-pyrrole nitrogens is 2. The lowest BCUT2D eigenvalue weighted by Crippen LogP contribution is -2.40. The Morgan fingerprint density at radius 2 is 1.90 bits per heavy atom. The van der Waals surface area contributed by atoms with Gasteiger partial charge in [-0.3, -0.25) is 14.6 Å². The van der Waals surface area contributed by atoms with Crippen molar-refractivity contribution < 1.29 is 9.90 Å². The largest absolute Gasteiger partial charge is 0.394 e. The van der Waals surface area contributed by atoms with Gasteiger partial charge in [-0.15, -0.1) is 0 Å². The third kappa shape index (κ3) is 4.15. The van der Waals surface area contributed by atoms with Crippen LogP contribution in [0.1, 0.15) is 16.1 Å². The number of benzene rings is 1. The molecule has 4 N–H and O–H groups in total. The van der Waals surface area contributed by atoms with Gasteiger partial charge in [0.15, 0.2) is 0 Å². The summed E-state index contributed by atoms with van der Waals surface area (Å²) in [6.07, 6.45) is 0.441. The van der Waals surface area contributed by atoms with E-state index in [1.807, 2.05) is 35.3 Å². The van der Waals surface area contributed by atoms with Crippen LogP contribution in [0.25, 0.3) is 0 Å². The van der Waals surface area contributed by atoms with E-state index in [9.17, 15) is 19.5 Å². The lowest BCUT2D eigenvalue weighted by atomic mass is 10.1. The van der Waals surface area contributed by atoms with Crippen LogP contribution in [0.2, 0.25) is 0 Å². The van der Waals surface area contributed by atoms with E-state index in [0.717, 1.165) is 11.6 Å². The Morgan fingerprint density at radius 3 is 2.52 bits per heavy atom. The molecule has 0 bridgehead atoms. The van der Waals surface area contributed by atoms with E-state index in [-0.39, 0.29) is 12.3 Å². The molecule has 0 aliphatic rings. The summed E-state index contributed by atoms with van der Waals surface area (Å²) in [5, 5.41) is 11.9. The molecular weight excluding hydrogens is 274 g/mol. The SMILES string of the molecule is O=C(N[C@H](CO)Cc1ccccc1)c1cc(=O)[nH]c(=O)[nH]1. The monoisotopic (exact) mass is 289 g/mol. The first kappa shape index (κ1) is 14.7. The molecule has 1 heterocycles. The van der Waals surface area contributed by atoms with Crippen molar-refractivity contribution >= 4 is 5.91 Å². The van der Waals surface area contributed by atoms with Gasteiger partial charge in [-0.05, 0) is 12.0 Å². The van der Waals surface area contributed by atoms with Crippen LogP contribution in [0.15, 0.2) is 46.0 Å². The number of hydrogen-bond donors (Lipinski definition) is 4. The Balaban J connectivity index is 2.09. The van der Waals surface area contributed by atoms with Crippen LogP contribution in [0.3, 0.4) is 0 Å². The van der Waals surface area contributed by atoms with Crippen molar-refractivity contribution in [3.05, 3.63) is 68.5 Å². The van der Waals surface area contributed by atoms with Crippen LogP contribution in [0.5, 0.6) is 0 Å². The van der Waals surface area contributed by atoms with Gasteiger partial charge < -0.3 is 15.4 Å². The van der Waals surface area contributed by atoms with Crippen molar-refractivity contribution in [2.45, 2.75) is 12.5 Å². The standard InChI is InChI=1S/C14H15N3O4/c18-8-10(6-9-4-2-1-3-5-9)15-13(20)11-7-12(19)17-14(21)16-11/h1-5,7,10,18H,6,8H2,(H,15,20)(H2,16,17,19,21)/t10-/m0/s1. The molecule has 1 atom stereocenters. The zero-order chi connectivity index (χ0) is 15.2. The van der Waals surface area contributed by atoms with Gasteiger partial charge in [0.2, 0.25) is 0 Å². The average molecular weight is 289 g/mol. The van der Waals surface area contributed by atoms with Crippen molar-refractivity contribution in [1.29, 1.82) is 0 Å². The predicted octanol–water partition coefficient (Wildman–Crippen LogP) is -0.603. The molecule has 7 nitrogen and oxygen atoms in total. The molecule has 7 heteroatoms. The van der Waals surface area contributed by atoms with Crippen molar-refractivity contribution in [1.82, 2.24) is 15.3 Å². The summed E-state index contributed by atoms with van der Waals surface area (Å²) >= 11 is 0. The Kier molecular flexibility index (Phi) is 4.68. The minimum Gasteiger partial charge on any atom is -0.394 e. The fraction of sp³-hybridized carbons (Fsp3) is 0.214. The van der Waals surface area contributed by atoms with Gasteiger partial charge in [0, 0.05) is 6.07 Å². The summed E-state index contributed by atoms with van der Waals surface area (Å²) in [6, 6.07) is 9.83. The molecular formula is C14H15N3O4. The number of aliphatic hydroxyl groups is 1. The van der Waals surface area contributed by atoms with E-state index in [1.54, 1.807) is 0 Å². The van der Waals surface area contributed by atoms with Crippen molar-refractivity contribution in [2.75, 3.05) is 6.61 Å². The van der Waals surface area contributed by atoms with E-state index in [1.165, 1.54) is 0 Å². The van der Waals surface area contributed by atoms with E-state index in [0.29, 0.717) is 6.42 Å². The van der Waals surface area contributed by atoms with Gasteiger partial charge in [-0.25, -0.2) is 4.79 Å². The zero-order valence-corrected chi connectivity index (χ0v) is 11.1. The van der Waals surface area contributed by atoms with Crippen LogP contribution < -0.4 is 16.6 Å². The molecule has 0 spiro atoms. The maximum atomic E-state index is 12.0. The summed E-state index contributed by atoms with van der Waals surface area (Å²) < 4.78 is 0. The Hall–Kier alpha value is -2.67. The summed E-state index contributed by atoms with van der Waals surface area (Å²) in [4.78, 5) is 38.5. The maximum Gasteiger partial charge on any atom is 0.326 e. The Labute approximate surface area is 119 Å². The van der Waals surface area contributed by atoms with Crippen LogP contribution in [-0.4, -0.2) is 33.6 Å². The number of carbonyl (C=O) groups excluding carboxylic acids is 1. The molecule has 2 rings (SSSR count). The van der Waals surface area contributed by atoms with Gasteiger partial charge >= 0.3 is 5.69 Å². The molecule has 0 unspecified atom stereocenters. The number of aromatic amines is 2. The number of aliphatic hydroxyl groups excluding tert-OH is 1. The lowest BCUT2D eigenvalue weighted by molar-refractivity contribution is 0.0910. The quantitative estimate of drug-likeness (QED) is 0.588. The van der Waals surface area contributed by atoms with Gasteiger partial charge in [0.05, 0.1) is 12.6 Å². The summed E-state index contributed by atoms with van der Waals surface area (Å²) in [5.41, 5.74) is -0.602. The summed E-state index contributed by atoms with van der Waals surface area (Å²) in [6.45, 7) is -0.256. The van der Waals surface area contributed by atoms with Gasteiger partial charge in [0.1, 0.15) is 5.69 Å². The van der Waals surface area contributed by atoms with E-state index < -0.39 is 23.2 Å². The first-order valence-electron chi connectivity index (χ1n) is 6.38. The molecule has 0 aliphatic heterocycles. The van der Waals surface area contributed by atoms with Crippen LogP contribution in [0, 0.1) is 0 Å². The molecule has 0 saturated carbocycles. The Bertz CT molecular complexity index is 692. The number of amides is 1. The van der Waals surface area contributed by atoms with Gasteiger partial charge in [-0.2, -0.15) is 0 Å². The molecule has 21 heavy (non-hydrogen) atoms. The van der Waals surface area contributed by atoms with Gasteiger partial charge in [0.25, 0.3) is 11.5 Å². The first-order valence-corrected chi connectivity index (χ1v) is 6.38. The van der Waals surface area contributed by atoms with E-state index in [4.69, 9.17) is 0 Å². The average Bonchev–Trinajstić information content (AvgIpc) is 2.46. The lowest BCUT2D eigenvalue weighted by Gasteiger charge is -2.16. The summed E-state index contributed by atoms with van der Waals surface area (Å²) in [7, 11) is 0. The van der Waals surface area contributed by atoms with Crippen LogP contribution in [-0.2, 0) is 6.42 Å². The van der Waals surface area contributed by atoms with E-state index >= 15 is 0 Å². The topological polar surface area (TPSA) is 115 Å². The van der Waals surface area contributed by atoms with Crippen molar-refractivity contribution in [2.24, 2.45) is 0 Å². The molecule has 0 fully saturated rings. The minimum absolute atomic E-state index is 0.143. The maximum absolute atomic E-state index is 12.0. The van der Waals surface area contributed by atoms with Gasteiger partial charge in [-0.1, -0.05) is 30.3 Å². The second-order valence-corrected chi connectivity index (χ2v) is 4.54. The number of nitrogens with one attached hydrogen (secondary N) is 3. The van der Waals surface area contributed by atoms with Crippen molar-refractivity contribution in [3.8, 4) is 0 Å². The number of rotatable bonds is 5. The molecule has 1 aromatic heterocycles. The smallest absolute Gasteiger partial charge is 0.326 e. The molecule has 110 valence electrons. The number of aromatic nitrogens is 2. The third-order valence-corrected chi connectivity index (χ3v) is 2.89. The Morgan fingerprint density at radius 1 is 1.19 bits per heavy atom. The molecule has 0 radical (unpaired) electrons. The highest BCUT2D eigenvalue weighted by Crippen LogP contribution is 2.03. The van der Waals surface area contributed by atoms with Crippen molar-refractivity contribution in [3.63, 3.8) is 0 Å². The second kappa shape index (κ2) is 6.67. The van der Waals surface area contributed by atoms with Crippen LogP contribution >= 0.6 is 0 Å². The fourth-order valence-corrected chi connectivity index (χ4v) is 1.91.